The number of ketones is 1. The lowest BCUT2D eigenvalue weighted by Gasteiger charge is -2.35. The summed E-state index contributed by atoms with van der Waals surface area (Å²) >= 11 is 0. The lowest BCUT2D eigenvalue weighted by atomic mass is 10.0. The highest BCUT2D eigenvalue weighted by atomic mass is 19.3. The summed E-state index contributed by atoms with van der Waals surface area (Å²) in [7, 11) is 0. The highest BCUT2D eigenvalue weighted by molar-refractivity contribution is 5.84. The number of Topliss-reactive ketones (excluding diaryl/α,β-unsaturated/α-hetero) is 1. The number of carbonyl (C=O) groups excluding carboxylic acids is 2. The zero-order valence-electron chi connectivity index (χ0n) is 10.7. The van der Waals surface area contributed by atoms with E-state index in [9.17, 15) is 18.4 Å². The van der Waals surface area contributed by atoms with E-state index >= 15 is 0 Å². The zero-order chi connectivity index (χ0) is 13.7. The monoisotopic (exact) mass is 261 g/mol. The van der Waals surface area contributed by atoms with Crippen molar-refractivity contribution < 1.29 is 23.1 Å². The van der Waals surface area contributed by atoms with Gasteiger partial charge >= 0.3 is 6.09 Å². The molecule has 18 heavy (non-hydrogen) atoms. The van der Waals surface area contributed by atoms with Gasteiger partial charge in [-0.15, -0.1) is 0 Å². The number of halogens is 2. The number of hydrogen-bond donors (Lipinski definition) is 0. The number of nitrogens with zero attached hydrogens (tertiary/aromatic N) is 1. The summed E-state index contributed by atoms with van der Waals surface area (Å²) in [4.78, 5) is 24.3. The van der Waals surface area contributed by atoms with Gasteiger partial charge in [-0.1, -0.05) is 0 Å². The van der Waals surface area contributed by atoms with Crippen molar-refractivity contribution in [3.8, 4) is 0 Å². The van der Waals surface area contributed by atoms with Gasteiger partial charge in [0, 0.05) is 25.3 Å². The summed E-state index contributed by atoms with van der Waals surface area (Å²) in [5.74, 6) is -3.20. The second-order valence-corrected chi connectivity index (χ2v) is 5.97. The van der Waals surface area contributed by atoms with Crippen LogP contribution in [0.5, 0.6) is 0 Å². The van der Waals surface area contributed by atoms with E-state index in [1.54, 1.807) is 20.8 Å². The molecule has 0 aromatic carbocycles. The van der Waals surface area contributed by atoms with Crippen LogP contribution >= 0.6 is 0 Å². The number of ether oxygens (including phenoxy) is 1. The Bertz CT molecular complexity index is 389. The van der Waals surface area contributed by atoms with Gasteiger partial charge in [0.15, 0.2) is 0 Å². The number of carbonyl (C=O) groups is 2. The maximum Gasteiger partial charge on any atom is 0.411 e. The van der Waals surface area contributed by atoms with Crippen molar-refractivity contribution in [3.05, 3.63) is 0 Å². The van der Waals surface area contributed by atoms with Crippen LogP contribution in [0.1, 0.15) is 40.0 Å². The summed E-state index contributed by atoms with van der Waals surface area (Å²) in [6, 6.07) is -2.06. The van der Waals surface area contributed by atoms with Crippen LogP contribution in [0.4, 0.5) is 13.6 Å². The van der Waals surface area contributed by atoms with E-state index in [-0.39, 0.29) is 18.6 Å². The molecule has 0 radical (unpaired) electrons. The lowest BCUT2D eigenvalue weighted by Crippen LogP contribution is -2.51. The van der Waals surface area contributed by atoms with Gasteiger partial charge < -0.3 is 4.74 Å². The Hall–Kier alpha value is -1.20. The fourth-order valence-corrected chi connectivity index (χ4v) is 2.58. The predicted molar refractivity (Wildman–Crippen MR) is 59.5 cm³/mol. The number of piperidine rings is 1. The molecule has 0 aliphatic carbocycles. The molecule has 0 spiro atoms. The lowest BCUT2D eigenvalue weighted by molar-refractivity contribution is -0.126. The third-order valence-corrected chi connectivity index (χ3v) is 3.21. The van der Waals surface area contributed by atoms with Crippen molar-refractivity contribution in [1.82, 2.24) is 4.90 Å². The Kier molecular flexibility index (Phi) is 2.87. The predicted octanol–water partition coefficient (Wildman–Crippen LogP) is 2.36. The first-order chi connectivity index (χ1) is 8.10. The number of hydrogen-bond acceptors (Lipinski definition) is 3. The van der Waals surface area contributed by atoms with Gasteiger partial charge in [-0.05, 0) is 20.8 Å². The third kappa shape index (κ3) is 2.33. The van der Waals surface area contributed by atoms with Crippen molar-refractivity contribution in [1.29, 1.82) is 0 Å². The molecule has 2 aliphatic rings. The van der Waals surface area contributed by atoms with Crippen molar-refractivity contribution in [2.24, 2.45) is 0 Å². The van der Waals surface area contributed by atoms with Crippen LogP contribution in [0.2, 0.25) is 0 Å². The minimum atomic E-state index is -2.99. The van der Waals surface area contributed by atoms with Gasteiger partial charge in [-0.3, -0.25) is 9.69 Å². The Morgan fingerprint density at radius 2 is 2.00 bits per heavy atom. The van der Waals surface area contributed by atoms with Crippen molar-refractivity contribution in [2.75, 3.05) is 0 Å². The minimum Gasteiger partial charge on any atom is -0.444 e. The average Bonchev–Trinajstić information content (AvgIpc) is 2.28. The molecular weight excluding hydrogens is 244 g/mol. The molecule has 0 N–H and O–H groups in total. The van der Waals surface area contributed by atoms with Gasteiger partial charge in [0.05, 0.1) is 0 Å². The largest absolute Gasteiger partial charge is 0.444 e. The van der Waals surface area contributed by atoms with Crippen LogP contribution in [0, 0.1) is 0 Å². The summed E-state index contributed by atoms with van der Waals surface area (Å²) in [6.07, 6.45) is -1.46. The Morgan fingerprint density at radius 3 is 2.50 bits per heavy atom. The molecule has 0 aromatic heterocycles. The molecular formula is C12H17F2NO3. The molecule has 2 heterocycles. The average molecular weight is 261 g/mol. The molecule has 2 rings (SSSR count). The van der Waals surface area contributed by atoms with Crippen LogP contribution < -0.4 is 0 Å². The van der Waals surface area contributed by atoms with Gasteiger partial charge in [-0.25, -0.2) is 13.6 Å². The van der Waals surface area contributed by atoms with E-state index in [1.807, 2.05) is 0 Å². The van der Waals surface area contributed by atoms with Crippen molar-refractivity contribution >= 4 is 11.9 Å². The van der Waals surface area contributed by atoms with E-state index in [2.05, 4.69) is 0 Å². The molecule has 2 unspecified atom stereocenters. The van der Waals surface area contributed by atoms with E-state index < -0.39 is 36.1 Å². The Balaban J connectivity index is 2.20. The molecule has 0 aromatic rings. The molecule has 0 saturated carbocycles. The molecule has 2 atom stereocenters. The smallest absolute Gasteiger partial charge is 0.411 e. The van der Waals surface area contributed by atoms with Crippen LogP contribution in [0.15, 0.2) is 0 Å². The van der Waals surface area contributed by atoms with Crippen molar-refractivity contribution in [2.45, 2.75) is 63.6 Å². The molecule has 1 amide bonds. The second kappa shape index (κ2) is 3.90. The fraction of sp³-hybridized carbons (Fsp3) is 0.833. The minimum absolute atomic E-state index is 0.00529. The van der Waals surface area contributed by atoms with Gasteiger partial charge in [0.1, 0.15) is 17.4 Å². The topological polar surface area (TPSA) is 46.6 Å². The molecule has 2 bridgehead atoms. The first kappa shape index (κ1) is 13.2. The molecule has 2 saturated heterocycles. The second-order valence-electron chi connectivity index (χ2n) is 5.97. The molecule has 4 nitrogen and oxygen atoms in total. The standard InChI is InChI=1S/C12H17F2NO3/c1-11(2,3)18-10(17)15-7-4-8(16)5-9(15)12(13,14)6-7/h7,9H,4-6H2,1-3H3. The maximum atomic E-state index is 13.7. The van der Waals surface area contributed by atoms with E-state index in [1.165, 1.54) is 0 Å². The van der Waals surface area contributed by atoms with E-state index in [4.69, 9.17) is 4.74 Å². The summed E-state index contributed by atoms with van der Waals surface area (Å²) in [5.41, 5.74) is -0.729. The Morgan fingerprint density at radius 1 is 1.39 bits per heavy atom. The van der Waals surface area contributed by atoms with Gasteiger partial charge in [0.25, 0.3) is 5.92 Å². The first-order valence-electron chi connectivity index (χ1n) is 6.01. The normalized spacial score (nSPS) is 30.5. The molecule has 102 valence electrons. The number of amides is 1. The number of alkyl halides is 2. The fourth-order valence-electron chi connectivity index (χ4n) is 2.58. The van der Waals surface area contributed by atoms with Crippen LogP contribution in [0.3, 0.4) is 0 Å². The molecule has 2 fully saturated rings. The van der Waals surface area contributed by atoms with Crippen LogP contribution in [-0.4, -0.2) is 40.4 Å². The van der Waals surface area contributed by atoms with Crippen molar-refractivity contribution in [3.63, 3.8) is 0 Å². The SMILES string of the molecule is CC(C)(C)OC(=O)N1C2CC(=O)CC1C(F)(F)C2. The molecule has 2 aliphatic heterocycles. The van der Waals surface area contributed by atoms with Crippen LogP contribution in [-0.2, 0) is 9.53 Å². The number of rotatable bonds is 0. The quantitative estimate of drug-likeness (QED) is 0.672. The highest BCUT2D eigenvalue weighted by Crippen LogP contribution is 2.45. The van der Waals surface area contributed by atoms with Gasteiger partial charge in [0.2, 0.25) is 0 Å². The highest BCUT2D eigenvalue weighted by Gasteiger charge is 2.59. The molecule has 6 heteroatoms. The maximum absolute atomic E-state index is 13.7. The third-order valence-electron chi connectivity index (χ3n) is 3.21. The zero-order valence-corrected chi connectivity index (χ0v) is 10.7. The number of fused-ring (bicyclic) bond motifs is 2. The van der Waals surface area contributed by atoms with Crippen LogP contribution in [0.25, 0.3) is 0 Å². The van der Waals surface area contributed by atoms with Gasteiger partial charge in [-0.2, -0.15) is 0 Å². The summed E-state index contributed by atoms with van der Waals surface area (Å²) in [6.45, 7) is 5.04. The van der Waals surface area contributed by atoms with E-state index in [0.717, 1.165) is 4.90 Å². The first-order valence-corrected chi connectivity index (χ1v) is 6.01. The summed E-state index contributed by atoms with van der Waals surface area (Å²) < 4.78 is 32.6. The summed E-state index contributed by atoms with van der Waals surface area (Å²) in [5, 5.41) is 0. The Labute approximate surface area is 104 Å². The van der Waals surface area contributed by atoms with E-state index in [0.29, 0.717) is 0 Å².